The second-order valence-electron chi connectivity index (χ2n) is 6.95. The van der Waals surface area contributed by atoms with Gasteiger partial charge in [0.25, 0.3) is 0 Å². The van der Waals surface area contributed by atoms with E-state index in [2.05, 4.69) is 46.7 Å². The van der Waals surface area contributed by atoms with Gasteiger partial charge in [-0.05, 0) is 37.3 Å². The van der Waals surface area contributed by atoms with Crippen molar-refractivity contribution in [3.63, 3.8) is 0 Å². The van der Waals surface area contributed by atoms with Gasteiger partial charge in [-0.2, -0.15) is 20.1 Å². The lowest BCUT2D eigenvalue weighted by atomic mass is 10.2. The maximum atomic E-state index is 9.96. The topological polar surface area (TPSA) is 108 Å². The Bertz CT molecular complexity index is 1070. The summed E-state index contributed by atoms with van der Waals surface area (Å²) >= 11 is 3.38. The molecule has 0 bridgehead atoms. The van der Waals surface area contributed by atoms with Gasteiger partial charge >= 0.3 is 0 Å². The molecule has 2 aromatic carbocycles. The van der Waals surface area contributed by atoms with E-state index in [1.165, 1.54) is 11.8 Å². The van der Waals surface area contributed by atoms with Crippen molar-refractivity contribution in [2.45, 2.75) is 6.92 Å². The molecule has 0 radical (unpaired) electrons. The van der Waals surface area contributed by atoms with Gasteiger partial charge < -0.3 is 20.1 Å². The number of morpholine rings is 1. The molecule has 0 unspecified atom stereocenters. The molecule has 1 aromatic heterocycles. The second-order valence-corrected chi connectivity index (χ2v) is 7.86. The fourth-order valence-electron chi connectivity index (χ4n) is 2.93. The number of nitrogens with one attached hydrogen (secondary N) is 2. The Kier molecular flexibility index (Phi) is 6.58. The Morgan fingerprint density at radius 2 is 1.81 bits per heavy atom. The van der Waals surface area contributed by atoms with Crippen molar-refractivity contribution in [1.29, 1.82) is 0 Å². The summed E-state index contributed by atoms with van der Waals surface area (Å²) < 4.78 is 6.27. The second kappa shape index (κ2) is 9.71. The van der Waals surface area contributed by atoms with Gasteiger partial charge in [-0.3, -0.25) is 0 Å². The summed E-state index contributed by atoms with van der Waals surface area (Å²) in [6.45, 7) is 4.67. The van der Waals surface area contributed by atoms with E-state index in [-0.39, 0.29) is 11.7 Å². The van der Waals surface area contributed by atoms with Crippen LogP contribution in [0.3, 0.4) is 0 Å². The summed E-state index contributed by atoms with van der Waals surface area (Å²) in [5, 5.41) is 17.4. The lowest BCUT2D eigenvalue weighted by molar-refractivity contribution is 0.122. The fourth-order valence-corrected chi connectivity index (χ4v) is 3.31. The van der Waals surface area contributed by atoms with Crippen molar-refractivity contribution < 1.29 is 9.84 Å². The summed E-state index contributed by atoms with van der Waals surface area (Å²) in [7, 11) is 0. The van der Waals surface area contributed by atoms with Crippen molar-refractivity contribution in [2.75, 3.05) is 41.9 Å². The molecular weight excluding hydrogens is 462 g/mol. The molecule has 31 heavy (non-hydrogen) atoms. The number of aryl methyl sites for hydroxylation is 1. The number of anilines is 4. The molecular formula is C21H22BrN7O2. The first kappa shape index (κ1) is 21.0. The van der Waals surface area contributed by atoms with E-state index < -0.39 is 0 Å². The van der Waals surface area contributed by atoms with Crippen LogP contribution in [-0.4, -0.2) is 52.6 Å². The van der Waals surface area contributed by atoms with Crippen LogP contribution in [0.15, 0.2) is 52.0 Å². The zero-order chi connectivity index (χ0) is 21.6. The third-order valence-electron chi connectivity index (χ3n) is 4.58. The summed E-state index contributed by atoms with van der Waals surface area (Å²) in [5.41, 5.74) is 5.44. The number of nitrogens with zero attached hydrogens (tertiary/aromatic N) is 5. The predicted octanol–water partition coefficient (Wildman–Crippen LogP) is 3.67. The fraction of sp³-hybridized carbons (Fsp3) is 0.238. The van der Waals surface area contributed by atoms with Gasteiger partial charge in [0, 0.05) is 28.8 Å². The SMILES string of the molecule is Cc1ccc(Nc2nc(N/N=C/c3cc(Br)ccc3O)nc(N3CCOCC3)n2)cc1. The quantitative estimate of drug-likeness (QED) is 0.360. The number of halogens is 1. The third kappa shape index (κ3) is 5.68. The molecule has 1 aliphatic heterocycles. The van der Waals surface area contributed by atoms with Crippen molar-refractivity contribution in [3.05, 3.63) is 58.1 Å². The highest BCUT2D eigenvalue weighted by molar-refractivity contribution is 9.10. The van der Waals surface area contributed by atoms with Gasteiger partial charge in [0.2, 0.25) is 17.8 Å². The van der Waals surface area contributed by atoms with Crippen LogP contribution in [0.2, 0.25) is 0 Å². The number of rotatable bonds is 6. The highest BCUT2D eigenvalue weighted by atomic mass is 79.9. The Morgan fingerprint density at radius 3 is 2.58 bits per heavy atom. The Labute approximate surface area is 188 Å². The van der Waals surface area contributed by atoms with Gasteiger partial charge in [0.05, 0.1) is 19.4 Å². The number of ether oxygens (including phenoxy) is 1. The van der Waals surface area contributed by atoms with Crippen molar-refractivity contribution in [3.8, 4) is 5.75 Å². The number of phenols is 1. The first-order valence-corrected chi connectivity index (χ1v) is 10.6. The van der Waals surface area contributed by atoms with Gasteiger partial charge in [0.1, 0.15) is 5.75 Å². The van der Waals surface area contributed by atoms with Crippen LogP contribution in [0.1, 0.15) is 11.1 Å². The lowest BCUT2D eigenvalue weighted by Gasteiger charge is -2.27. The van der Waals surface area contributed by atoms with Crippen LogP contribution in [0.4, 0.5) is 23.5 Å². The molecule has 9 nitrogen and oxygen atoms in total. The molecule has 1 aliphatic rings. The molecule has 0 spiro atoms. The number of hydrogen-bond acceptors (Lipinski definition) is 9. The van der Waals surface area contributed by atoms with Crippen LogP contribution in [0, 0.1) is 6.92 Å². The highest BCUT2D eigenvalue weighted by Crippen LogP contribution is 2.21. The molecule has 3 N–H and O–H groups in total. The van der Waals surface area contributed by atoms with E-state index >= 15 is 0 Å². The zero-order valence-electron chi connectivity index (χ0n) is 16.9. The minimum atomic E-state index is 0.125. The van der Waals surface area contributed by atoms with Gasteiger partial charge in [-0.25, -0.2) is 5.43 Å². The average Bonchev–Trinajstić information content (AvgIpc) is 2.78. The summed E-state index contributed by atoms with van der Waals surface area (Å²) in [6, 6.07) is 13.1. The first-order chi connectivity index (χ1) is 15.1. The van der Waals surface area contributed by atoms with E-state index in [1.54, 1.807) is 18.2 Å². The molecule has 0 aliphatic carbocycles. The molecule has 0 amide bonds. The van der Waals surface area contributed by atoms with Crippen molar-refractivity contribution in [2.24, 2.45) is 5.10 Å². The molecule has 10 heteroatoms. The third-order valence-corrected chi connectivity index (χ3v) is 5.08. The molecule has 4 rings (SSSR count). The van der Waals surface area contributed by atoms with E-state index in [1.807, 2.05) is 36.1 Å². The Hall–Kier alpha value is -3.24. The van der Waals surface area contributed by atoms with Crippen molar-refractivity contribution in [1.82, 2.24) is 15.0 Å². The molecule has 3 aromatic rings. The largest absolute Gasteiger partial charge is 0.507 e. The molecule has 0 saturated carbocycles. The summed E-state index contributed by atoms with van der Waals surface area (Å²) in [5.74, 6) is 1.36. The monoisotopic (exact) mass is 483 g/mol. The highest BCUT2D eigenvalue weighted by Gasteiger charge is 2.16. The Morgan fingerprint density at radius 1 is 1.06 bits per heavy atom. The number of aromatic nitrogens is 3. The normalized spacial score (nSPS) is 14.1. The summed E-state index contributed by atoms with van der Waals surface area (Å²) in [6.07, 6.45) is 1.51. The lowest BCUT2D eigenvalue weighted by Crippen LogP contribution is -2.37. The van der Waals surface area contributed by atoms with E-state index in [0.29, 0.717) is 43.8 Å². The standard InChI is InChI=1S/C21H22BrN7O2/c1-14-2-5-17(6-3-14)24-19-25-20(27-21(26-19)29-8-10-31-11-9-29)28-23-13-15-12-16(22)4-7-18(15)30/h2-7,12-13,30H,8-11H2,1H3,(H2,24,25,26,27,28)/b23-13+. The van der Waals surface area contributed by atoms with Crippen molar-refractivity contribution >= 4 is 45.7 Å². The van der Waals surface area contributed by atoms with Gasteiger partial charge in [-0.1, -0.05) is 33.6 Å². The number of aromatic hydroxyl groups is 1. The molecule has 1 saturated heterocycles. The summed E-state index contributed by atoms with van der Waals surface area (Å²) in [4.78, 5) is 15.5. The van der Waals surface area contributed by atoms with Gasteiger partial charge in [-0.15, -0.1) is 0 Å². The minimum absolute atomic E-state index is 0.125. The number of hydrazone groups is 1. The molecule has 0 atom stereocenters. The van der Waals surface area contributed by atoms with E-state index in [9.17, 15) is 5.11 Å². The Balaban J connectivity index is 1.58. The number of benzene rings is 2. The number of hydrogen-bond donors (Lipinski definition) is 3. The predicted molar refractivity (Wildman–Crippen MR) is 124 cm³/mol. The smallest absolute Gasteiger partial charge is 0.250 e. The van der Waals surface area contributed by atoms with Gasteiger partial charge in [0.15, 0.2) is 0 Å². The van der Waals surface area contributed by atoms with Crippen LogP contribution in [0.5, 0.6) is 5.75 Å². The van der Waals surface area contributed by atoms with Crippen LogP contribution < -0.4 is 15.6 Å². The first-order valence-electron chi connectivity index (χ1n) is 9.77. The number of phenolic OH excluding ortho intramolecular Hbond substituents is 1. The van der Waals surface area contributed by atoms with Crippen LogP contribution in [0.25, 0.3) is 0 Å². The molecule has 160 valence electrons. The molecule has 2 heterocycles. The van der Waals surface area contributed by atoms with E-state index in [0.717, 1.165) is 10.2 Å². The average molecular weight is 484 g/mol. The van der Waals surface area contributed by atoms with E-state index in [4.69, 9.17) is 4.74 Å². The zero-order valence-corrected chi connectivity index (χ0v) is 18.5. The van der Waals surface area contributed by atoms with Crippen LogP contribution >= 0.6 is 15.9 Å². The molecule has 1 fully saturated rings. The maximum Gasteiger partial charge on any atom is 0.250 e. The minimum Gasteiger partial charge on any atom is -0.507 e. The maximum absolute atomic E-state index is 9.96. The van der Waals surface area contributed by atoms with Crippen LogP contribution in [-0.2, 0) is 4.74 Å².